The van der Waals surface area contributed by atoms with Gasteiger partial charge in [-0.05, 0) is 12.1 Å². The largest absolute Gasteiger partial charge is 0.398 e. The van der Waals surface area contributed by atoms with Gasteiger partial charge in [-0.1, -0.05) is 0 Å². The Kier molecular flexibility index (Phi) is 3.38. The van der Waals surface area contributed by atoms with E-state index in [1.54, 1.807) is 26.4 Å². The Labute approximate surface area is 114 Å². The van der Waals surface area contributed by atoms with E-state index in [9.17, 15) is 14.9 Å². The Morgan fingerprint density at radius 2 is 2.10 bits per heavy atom. The number of rotatable bonds is 3. The first-order valence-electron chi connectivity index (χ1n) is 5.71. The number of hydrogen-bond acceptors (Lipinski definition) is 5. The molecule has 20 heavy (non-hydrogen) atoms. The molecule has 8 nitrogen and oxygen atoms in total. The number of nitrogens with two attached hydrogens (primary N) is 1. The molecule has 0 saturated heterocycles. The van der Waals surface area contributed by atoms with Crippen molar-refractivity contribution in [2.45, 2.75) is 0 Å². The number of nitrogen functional groups attached to an aromatic ring is 1. The maximum absolute atomic E-state index is 11.7. The van der Waals surface area contributed by atoms with Gasteiger partial charge in [0.2, 0.25) is 0 Å². The summed E-state index contributed by atoms with van der Waals surface area (Å²) in [6.07, 6.45) is 1.55. The van der Waals surface area contributed by atoms with Crippen molar-refractivity contribution in [1.82, 2.24) is 14.7 Å². The van der Waals surface area contributed by atoms with E-state index in [0.717, 1.165) is 0 Å². The van der Waals surface area contributed by atoms with Gasteiger partial charge in [-0.15, -0.1) is 0 Å². The highest BCUT2D eigenvalue weighted by Crippen LogP contribution is 2.21. The van der Waals surface area contributed by atoms with Crippen molar-refractivity contribution in [2.24, 2.45) is 0 Å². The fraction of sp³-hybridized carbons (Fsp3) is 0.167. The quantitative estimate of drug-likeness (QED) is 0.512. The van der Waals surface area contributed by atoms with Gasteiger partial charge in [0.15, 0.2) is 5.69 Å². The van der Waals surface area contributed by atoms with Crippen molar-refractivity contribution >= 4 is 17.3 Å². The van der Waals surface area contributed by atoms with Crippen LogP contribution < -0.4 is 5.73 Å². The minimum Gasteiger partial charge on any atom is -0.398 e. The summed E-state index contributed by atoms with van der Waals surface area (Å²) in [5.41, 5.74) is 6.43. The molecular formula is C12H13N5O3. The number of amides is 1. The number of aromatic nitrogens is 2. The van der Waals surface area contributed by atoms with Gasteiger partial charge < -0.3 is 10.6 Å². The summed E-state index contributed by atoms with van der Waals surface area (Å²) in [6, 6.07) is 5.69. The molecule has 0 fully saturated rings. The van der Waals surface area contributed by atoms with Crippen LogP contribution in [0, 0.1) is 10.1 Å². The lowest BCUT2D eigenvalue weighted by Crippen LogP contribution is -2.22. The summed E-state index contributed by atoms with van der Waals surface area (Å²) in [5.74, 6) is -0.248. The molecule has 2 N–H and O–H groups in total. The summed E-state index contributed by atoms with van der Waals surface area (Å²) in [7, 11) is 3.24. The molecule has 2 aromatic rings. The average Bonchev–Trinajstić information content (AvgIpc) is 2.86. The molecule has 0 radical (unpaired) electrons. The molecular weight excluding hydrogens is 262 g/mol. The second-order valence-electron chi connectivity index (χ2n) is 4.38. The van der Waals surface area contributed by atoms with Crippen molar-refractivity contribution in [1.29, 1.82) is 0 Å². The molecule has 0 spiro atoms. The number of nitrogens with zero attached hydrogens (tertiary/aromatic N) is 4. The Bertz CT molecular complexity index is 677. The Morgan fingerprint density at radius 3 is 2.70 bits per heavy atom. The van der Waals surface area contributed by atoms with Crippen LogP contribution in [0.25, 0.3) is 5.69 Å². The normalized spacial score (nSPS) is 10.3. The fourth-order valence-electron chi connectivity index (χ4n) is 1.67. The second kappa shape index (κ2) is 5.00. The summed E-state index contributed by atoms with van der Waals surface area (Å²) in [5, 5.41) is 14.9. The van der Waals surface area contributed by atoms with E-state index in [1.165, 1.54) is 27.8 Å². The number of anilines is 1. The van der Waals surface area contributed by atoms with Crippen LogP contribution in [0.3, 0.4) is 0 Å². The molecule has 0 bridgehead atoms. The molecule has 0 aliphatic carbocycles. The minimum absolute atomic E-state index is 0.129. The molecule has 1 aromatic carbocycles. The minimum atomic E-state index is -0.532. The van der Waals surface area contributed by atoms with Crippen LogP contribution in [0.2, 0.25) is 0 Å². The summed E-state index contributed by atoms with van der Waals surface area (Å²) in [6.45, 7) is 0. The smallest absolute Gasteiger partial charge is 0.273 e. The SMILES string of the molecule is CN(C)C(=O)c1ccn(-c2cc(N)cc([N+](=O)[O-])c2)n1. The van der Waals surface area contributed by atoms with Gasteiger partial charge in [0.05, 0.1) is 10.6 Å². The van der Waals surface area contributed by atoms with E-state index < -0.39 is 4.92 Å². The first kappa shape index (κ1) is 13.5. The lowest BCUT2D eigenvalue weighted by Gasteiger charge is -2.07. The fourth-order valence-corrected chi connectivity index (χ4v) is 1.67. The van der Waals surface area contributed by atoms with Crippen LogP contribution in [0.5, 0.6) is 0 Å². The topological polar surface area (TPSA) is 107 Å². The summed E-state index contributed by atoms with van der Waals surface area (Å²) in [4.78, 5) is 23.4. The molecule has 0 aliphatic rings. The zero-order valence-corrected chi connectivity index (χ0v) is 11.0. The molecule has 1 aromatic heterocycles. The van der Waals surface area contributed by atoms with Crippen molar-refractivity contribution in [3.05, 3.63) is 46.3 Å². The Hall–Kier alpha value is -2.90. The zero-order chi connectivity index (χ0) is 14.9. The third kappa shape index (κ3) is 2.58. The maximum atomic E-state index is 11.7. The van der Waals surface area contributed by atoms with Crippen LogP contribution in [0.4, 0.5) is 11.4 Å². The predicted molar refractivity (Wildman–Crippen MR) is 72.6 cm³/mol. The molecule has 1 amide bonds. The van der Waals surface area contributed by atoms with Gasteiger partial charge in [0.25, 0.3) is 11.6 Å². The maximum Gasteiger partial charge on any atom is 0.273 e. The highest BCUT2D eigenvalue weighted by molar-refractivity contribution is 5.91. The number of nitro benzene ring substituents is 1. The number of non-ortho nitro benzene ring substituents is 1. The Morgan fingerprint density at radius 1 is 1.40 bits per heavy atom. The highest BCUT2D eigenvalue weighted by Gasteiger charge is 2.14. The lowest BCUT2D eigenvalue weighted by molar-refractivity contribution is -0.384. The number of nitro groups is 1. The number of carbonyl (C=O) groups excluding carboxylic acids is 1. The van der Waals surface area contributed by atoms with Crippen molar-refractivity contribution < 1.29 is 9.72 Å². The first-order chi connectivity index (χ1) is 9.38. The number of carbonyl (C=O) groups is 1. The van der Waals surface area contributed by atoms with Crippen LogP contribution in [0.15, 0.2) is 30.5 Å². The van der Waals surface area contributed by atoms with Crippen LogP contribution in [-0.2, 0) is 0 Å². The van der Waals surface area contributed by atoms with Gasteiger partial charge in [-0.2, -0.15) is 5.10 Å². The molecule has 2 rings (SSSR count). The third-order valence-corrected chi connectivity index (χ3v) is 2.61. The molecule has 0 saturated carbocycles. The highest BCUT2D eigenvalue weighted by atomic mass is 16.6. The average molecular weight is 275 g/mol. The van der Waals surface area contributed by atoms with Crippen molar-refractivity contribution in [3.63, 3.8) is 0 Å². The third-order valence-electron chi connectivity index (χ3n) is 2.61. The molecule has 0 aliphatic heterocycles. The van der Waals surface area contributed by atoms with Gasteiger partial charge >= 0.3 is 0 Å². The lowest BCUT2D eigenvalue weighted by atomic mass is 10.2. The zero-order valence-electron chi connectivity index (χ0n) is 11.0. The van der Waals surface area contributed by atoms with Gasteiger partial charge in [0.1, 0.15) is 0 Å². The first-order valence-corrected chi connectivity index (χ1v) is 5.71. The number of benzene rings is 1. The van der Waals surface area contributed by atoms with E-state index >= 15 is 0 Å². The Balaban J connectivity index is 2.42. The number of hydrogen-bond donors (Lipinski definition) is 1. The molecule has 8 heteroatoms. The van der Waals surface area contributed by atoms with Gasteiger partial charge in [-0.25, -0.2) is 4.68 Å². The monoisotopic (exact) mass is 275 g/mol. The van der Waals surface area contributed by atoms with Gasteiger partial charge in [-0.3, -0.25) is 14.9 Å². The van der Waals surface area contributed by atoms with Crippen molar-refractivity contribution in [3.8, 4) is 5.69 Å². The summed E-state index contributed by atoms with van der Waals surface area (Å²) < 4.78 is 1.38. The van der Waals surface area contributed by atoms with E-state index in [2.05, 4.69) is 5.10 Å². The van der Waals surface area contributed by atoms with Crippen LogP contribution >= 0.6 is 0 Å². The van der Waals surface area contributed by atoms with Crippen molar-refractivity contribution in [2.75, 3.05) is 19.8 Å². The standard InChI is InChI=1S/C12H13N5O3/c1-15(2)12(18)11-3-4-16(14-11)9-5-8(13)6-10(7-9)17(19)20/h3-7H,13H2,1-2H3. The summed E-state index contributed by atoms with van der Waals surface area (Å²) >= 11 is 0. The molecule has 104 valence electrons. The second-order valence-corrected chi connectivity index (χ2v) is 4.38. The van der Waals surface area contributed by atoms with E-state index in [-0.39, 0.29) is 23.0 Å². The predicted octanol–water partition coefficient (Wildman–Crippen LogP) is 1.06. The van der Waals surface area contributed by atoms with Crippen LogP contribution in [-0.4, -0.2) is 39.6 Å². The van der Waals surface area contributed by atoms with E-state index in [0.29, 0.717) is 5.69 Å². The molecule has 1 heterocycles. The molecule has 0 unspecified atom stereocenters. The molecule has 0 atom stereocenters. The van der Waals surface area contributed by atoms with E-state index in [1.807, 2.05) is 0 Å². The van der Waals surface area contributed by atoms with E-state index in [4.69, 9.17) is 5.73 Å². The van der Waals surface area contributed by atoms with Crippen LogP contribution in [0.1, 0.15) is 10.5 Å². The van der Waals surface area contributed by atoms with Gasteiger partial charge in [0, 0.05) is 38.1 Å².